The van der Waals surface area contributed by atoms with Gasteiger partial charge >= 0.3 is 5.97 Å². The van der Waals surface area contributed by atoms with Gasteiger partial charge in [-0.05, 0) is 30.2 Å². The molecule has 1 aliphatic heterocycles. The first kappa shape index (κ1) is 19.7. The number of amides is 2. The highest BCUT2D eigenvalue weighted by Crippen LogP contribution is 2.24. The van der Waals surface area contributed by atoms with E-state index in [2.05, 4.69) is 10.3 Å². The Labute approximate surface area is 174 Å². The van der Waals surface area contributed by atoms with Gasteiger partial charge in [-0.3, -0.25) is 9.59 Å². The van der Waals surface area contributed by atoms with Crippen LogP contribution in [0, 0.1) is 0 Å². The molecule has 154 valence electrons. The van der Waals surface area contributed by atoms with Crippen molar-refractivity contribution in [2.24, 2.45) is 0 Å². The predicted octanol–water partition coefficient (Wildman–Crippen LogP) is 2.41. The van der Waals surface area contributed by atoms with Crippen LogP contribution in [-0.4, -0.2) is 46.9 Å². The molecule has 4 rings (SSSR count). The monoisotopic (exact) mass is 405 g/mol. The minimum absolute atomic E-state index is 0.181. The molecular weight excluding hydrogens is 382 g/mol. The summed E-state index contributed by atoms with van der Waals surface area (Å²) in [5, 5.41) is 3.76. The minimum Gasteiger partial charge on any atom is -0.467 e. The Bertz CT molecular complexity index is 1120. The zero-order valence-electron chi connectivity index (χ0n) is 16.8. The maximum atomic E-state index is 12.9. The number of benzene rings is 2. The second kappa shape index (κ2) is 8.02. The van der Waals surface area contributed by atoms with E-state index in [1.54, 1.807) is 19.1 Å². The number of fused-ring (bicyclic) bond motifs is 2. The third kappa shape index (κ3) is 3.54. The summed E-state index contributed by atoms with van der Waals surface area (Å²) in [5.41, 5.74) is 3.36. The van der Waals surface area contributed by atoms with Crippen LogP contribution in [0.4, 0.5) is 0 Å². The Morgan fingerprint density at radius 2 is 1.90 bits per heavy atom. The first-order valence-electron chi connectivity index (χ1n) is 9.81. The van der Waals surface area contributed by atoms with Crippen LogP contribution in [0.1, 0.15) is 28.4 Å². The number of para-hydroxylation sites is 1. The fourth-order valence-electron chi connectivity index (χ4n) is 3.88. The third-order valence-electron chi connectivity index (χ3n) is 5.60. The minimum atomic E-state index is -0.857. The first-order chi connectivity index (χ1) is 14.5. The van der Waals surface area contributed by atoms with E-state index in [1.807, 2.05) is 42.6 Å². The number of rotatable bonds is 6. The summed E-state index contributed by atoms with van der Waals surface area (Å²) in [6.07, 6.45) is 2.11. The molecule has 0 saturated carbocycles. The lowest BCUT2D eigenvalue weighted by atomic mass is 10.0. The lowest BCUT2D eigenvalue weighted by Crippen LogP contribution is -2.51. The first-order valence-corrected chi connectivity index (χ1v) is 9.81. The molecule has 1 aromatic heterocycles. The summed E-state index contributed by atoms with van der Waals surface area (Å²) in [4.78, 5) is 42.7. The van der Waals surface area contributed by atoms with Gasteiger partial charge in [0.1, 0.15) is 12.1 Å². The Kier molecular flexibility index (Phi) is 5.27. The number of ether oxygens (including phenoxy) is 1. The summed E-state index contributed by atoms with van der Waals surface area (Å²) < 4.78 is 4.91. The fraction of sp³-hybridized carbons (Fsp3) is 0.261. The number of carbonyl (C=O) groups excluding carboxylic acids is 3. The van der Waals surface area contributed by atoms with Gasteiger partial charge in [0.05, 0.1) is 7.11 Å². The topological polar surface area (TPSA) is 91.5 Å². The number of methoxy groups -OCH3 is 1. The van der Waals surface area contributed by atoms with Gasteiger partial charge in [-0.15, -0.1) is 0 Å². The maximum Gasteiger partial charge on any atom is 0.328 e. The number of aromatic amines is 1. The zero-order chi connectivity index (χ0) is 21.3. The fourth-order valence-corrected chi connectivity index (χ4v) is 3.88. The summed E-state index contributed by atoms with van der Waals surface area (Å²) in [7, 11) is 1.29. The summed E-state index contributed by atoms with van der Waals surface area (Å²) in [6.45, 7) is 2.04. The Morgan fingerprint density at radius 1 is 1.17 bits per heavy atom. The lowest BCUT2D eigenvalue weighted by molar-refractivity contribution is -0.145. The molecule has 0 aliphatic carbocycles. The van der Waals surface area contributed by atoms with Crippen molar-refractivity contribution in [1.82, 2.24) is 15.2 Å². The molecule has 0 unspecified atom stereocenters. The smallest absolute Gasteiger partial charge is 0.328 e. The molecule has 3 aromatic rings. The molecule has 0 saturated heterocycles. The van der Waals surface area contributed by atoms with E-state index >= 15 is 0 Å². The SMILES string of the molecule is COC(=O)[C@H](Cc1c[nH]c2ccccc12)NC(=O)[C@H](C)N1Cc2ccccc2C1=O. The van der Waals surface area contributed by atoms with Crippen LogP contribution >= 0.6 is 0 Å². The van der Waals surface area contributed by atoms with E-state index in [9.17, 15) is 14.4 Å². The number of nitrogens with zero attached hydrogens (tertiary/aromatic N) is 1. The Morgan fingerprint density at radius 3 is 2.67 bits per heavy atom. The van der Waals surface area contributed by atoms with Gasteiger partial charge in [0.25, 0.3) is 5.91 Å². The van der Waals surface area contributed by atoms with Crippen LogP contribution in [0.15, 0.2) is 54.7 Å². The van der Waals surface area contributed by atoms with E-state index in [4.69, 9.17) is 4.74 Å². The van der Waals surface area contributed by atoms with Gasteiger partial charge in [-0.2, -0.15) is 0 Å². The number of carbonyl (C=O) groups is 3. The van der Waals surface area contributed by atoms with Gasteiger partial charge in [0.2, 0.25) is 5.91 Å². The normalized spacial score (nSPS) is 15.0. The van der Waals surface area contributed by atoms with E-state index in [-0.39, 0.29) is 12.3 Å². The molecule has 0 radical (unpaired) electrons. The quantitative estimate of drug-likeness (QED) is 0.616. The van der Waals surface area contributed by atoms with Crippen molar-refractivity contribution in [3.63, 3.8) is 0 Å². The van der Waals surface area contributed by atoms with Gasteiger partial charge in [0.15, 0.2) is 0 Å². The molecule has 0 fully saturated rings. The largest absolute Gasteiger partial charge is 0.467 e. The molecule has 2 amide bonds. The highest BCUT2D eigenvalue weighted by molar-refractivity contribution is 6.01. The van der Waals surface area contributed by atoms with Crippen LogP contribution in [0.25, 0.3) is 10.9 Å². The number of nitrogens with one attached hydrogen (secondary N) is 2. The average molecular weight is 405 g/mol. The van der Waals surface area contributed by atoms with Crippen LogP contribution in [0.2, 0.25) is 0 Å². The molecule has 0 spiro atoms. The molecule has 2 N–H and O–H groups in total. The number of esters is 1. The van der Waals surface area contributed by atoms with Crippen LogP contribution in [0.5, 0.6) is 0 Å². The van der Waals surface area contributed by atoms with E-state index in [0.717, 1.165) is 22.0 Å². The van der Waals surface area contributed by atoms with Gasteiger partial charge in [-0.25, -0.2) is 4.79 Å². The molecule has 2 heterocycles. The molecule has 7 nitrogen and oxygen atoms in total. The van der Waals surface area contributed by atoms with E-state index in [1.165, 1.54) is 12.0 Å². The lowest BCUT2D eigenvalue weighted by Gasteiger charge is -2.25. The second-order valence-electron chi connectivity index (χ2n) is 7.41. The Hall–Kier alpha value is -3.61. The zero-order valence-corrected chi connectivity index (χ0v) is 16.8. The van der Waals surface area contributed by atoms with Crippen molar-refractivity contribution >= 4 is 28.7 Å². The van der Waals surface area contributed by atoms with Gasteiger partial charge in [0, 0.05) is 35.6 Å². The van der Waals surface area contributed by atoms with Crippen molar-refractivity contribution in [3.05, 3.63) is 71.4 Å². The van der Waals surface area contributed by atoms with Crippen LogP contribution < -0.4 is 5.32 Å². The number of H-pyrrole nitrogens is 1. The number of hydrogen-bond acceptors (Lipinski definition) is 4. The van der Waals surface area contributed by atoms with Gasteiger partial charge in [-0.1, -0.05) is 36.4 Å². The van der Waals surface area contributed by atoms with E-state index in [0.29, 0.717) is 12.1 Å². The van der Waals surface area contributed by atoms with Crippen LogP contribution in [0.3, 0.4) is 0 Å². The third-order valence-corrected chi connectivity index (χ3v) is 5.60. The van der Waals surface area contributed by atoms with Crippen molar-refractivity contribution in [2.45, 2.75) is 32.0 Å². The molecular formula is C23H23N3O4. The standard InChI is InChI=1S/C23H23N3O4/c1-14(26-13-15-7-3-4-9-18(15)22(26)28)21(27)25-20(23(29)30-2)11-16-12-24-19-10-6-5-8-17(16)19/h3-10,12,14,20,24H,11,13H2,1-2H3,(H,25,27)/t14-,20-/m0/s1. The second-order valence-corrected chi connectivity index (χ2v) is 7.41. The average Bonchev–Trinajstić information content (AvgIpc) is 3.33. The van der Waals surface area contributed by atoms with Crippen LogP contribution in [-0.2, 0) is 27.3 Å². The number of aromatic nitrogens is 1. The molecule has 1 aliphatic rings. The number of hydrogen-bond donors (Lipinski definition) is 2. The van der Waals surface area contributed by atoms with Crippen molar-refractivity contribution in [2.75, 3.05) is 7.11 Å². The molecule has 7 heteroatoms. The molecule has 0 bridgehead atoms. The van der Waals surface area contributed by atoms with Crippen molar-refractivity contribution in [1.29, 1.82) is 0 Å². The maximum absolute atomic E-state index is 12.9. The predicted molar refractivity (Wildman–Crippen MR) is 112 cm³/mol. The molecule has 30 heavy (non-hydrogen) atoms. The molecule has 2 atom stereocenters. The van der Waals surface area contributed by atoms with Crippen molar-refractivity contribution in [3.8, 4) is 0 Å². The summed E-state index contributed by atoms with van der Waals surface area (Å²) >= 11 is 0. The van der Waals surface area contributed by atoms with E-state index < -0.39 is 24.0 Å². The highest BCUT2D eigenvalue weighted by atomic mass is 16.5. The summed E-state index contributed by atoms with van der Waals surface area (Å²) in [5.74, 6) is -1.11. The molecule has 2 aromatic carbocycles. The highest BCUT2D eigenvalue weighted by Gasteiger charge is 2.35. The van der Waals surface area contributed by atoms with Gasteiger partial charge < -0.3 is 19.9 Å². The van der Waals surface area contributed by atoms with Crippen molar-refractivity contribution < 1.29 is 19.1 Å². The Balaban J connectivity index is 1.50. The summed E-state index contributed by atoms with van der Waals surface area (Å²) in [6, 6.07) is 13.5.